The summed E-state index contributed by atoms with van der Waals surface area (Å²) >= 11 is 0. The SMILES string of the molecule is CC/C=C\C/C=C\C/C=C\C/C=C\C/C=C\C/C=C\CCC(=O)O[N+](=O)[O-]. The first-order valence-electron chi connectivity index (χ1n) is 9.42. The van der Waals surface area contributed by atoms with Crippen LogP contribution < -0.4 is 0 Å². The molecule has 0 N–H and O–H groups in total. The van der Waals surface area contributed by atoms with Gasteiger partial charge in [0.15, 0.2) is 0 Å². The highest BCUT2D eigenvalue weighted by atomic mass is 17.0. The average molecular weight is 373 g/mol. The number of carbonyl (C=O) groups is 1. The molecule has 0 heterocycles. The molecule has 0 fully saturated rings. The van der Waals surface area contributed by atoms with E-state index in [1.54, 1.807) is 0 Å². The van der Waals surface area contributed by atoms with E-state index in [2.05, 4.69) is 66.4 Å². The van der Waals surface area contributed by atoms with Crippen LogP contribution in [0.15, 0.2) is 72.9 Å². The first-order chi connectivity index (χ1) is 13.2. The van der Waals surface area contributed by atoms with Gasteiger partial charge >= 0.3 is 11.1 Å². The number of hydrogen-bond donors (Lipinski definition) is 0. The topological polar surface area (TPSA) is 69.4 Å². The standard InChI is InChI=1S/C22H31NO4/c1-2-3-4-5-6-7-8-9-10-11-12-13-14-15-16-17-18-19-20-21-22(24)27-23(25)26/h3-4,6-7,9-10,12-13,15-16,18-19H,2,5,8,11,14,17,20-21H2,1H3/b4-3-,7-6-,10-9-,13-12-,16-15-,19-18-. The van der Waals surface area contributed by atoms with Crippen LogP contribution in [-0.2, 0) is 9.63 Å². The maximum absolute atomic E-state index is 10.9. The van der Waals surface area contributed by atoms with Crippen LogP contribution >= 0.6 is 0 Å². The minimum atomic E-state index is -1.08. The zero-order valence-electron chi connectivity index (χ0n) is 16.2. The van der Waals surface area contributed by atoms with Crippen molar-refractivity contribution >= 4 is 5.97 Å². The Morgan fingerprint density at radius 3 is 1.48 bits per heavy atom. The van der Waals surface area contributed by atoms with Crippen molar-refractivity contribution in [1.82, 2.24) is 0 Å². The molecular formula is C22H31NO4. The van der Waals surface area contributed by atoms with Crippen LogP contribution in [0.2, 0.25) is 0 Å². The van der Waals surface area contributed by atoms with Crippen LogP contribution in [-0.4, -0.2) is 11.1 Å². The molecule has 0 aliphatic carbocycles. The van der Waals surface area contributed by atoms with Gasteiger partial charge in [0.25, 0.3) is 0 Å². The van der Waals surface area contributed by atoms with Crippen molar-refractivity contribution in [2.75, 3.05) is 0 Å². The molecule has 27 heavy (non-hydrogen) atoms. The Bertz CT molecular complexity index is 569. The van der Waals surface area contributed by atoms with Crippen molar-refractivity contribution < 1.29 is 14.7 Å². The first-order valence-corrected chi connectivity index (χ1v) is 9.42. The van der Waals surface area contributed by atoms with Gasteiger partial charge < -0.3 is 0 Å². The maximum Gasteiger partial charge on any atom is 0.304 e. The van der Waals surface area contributed by atoms with Gasteiger partial charge in [0.2, 0.25) is 0 Å². The van der Waals surface area contributed by atoms with Gasteiger partial charge in [0.1, 0.15) is 0 Å². The van der Waals surface area contributed by atoms with E-state index in [4.69, 9.17) is 0 Å². The quantitative estimate of drug-likeness (QED) is 0.195. The molecule has 5 nitrogen and oxygen atoms in total. The normalized spacial score (nSPS) is 12.6. The van der Waals surface area contributed by atoms with Crippen LogP contribution in [0.3, 0.4) is 0 Å². The molecule has 0 aliphatic heterocycles. The van der Waals surface area contributed by atoms with Gasteiger partial charge in [0, 0.05) is 6.42 Å². The molecule has 148 valence electrons. The van der Waals surface area contributed by atoms with Gasteiger partial charge in [0.05, 0.1) is 0 Å². The second-order valence-electron chi connectivity index (χ2n) is 5.64. The van der Waals surface area contributed by atoms with Crippen molar-refractivity contribution in [3.05, 3.63) is 83.0 Å². The minimum absolute atomic E-state index is 0.0170. The fourth-order valence-corrected chi connectivity index (χ4v) is 1.97. The van der Waals surface area contributed by atoms with E-state index in [0.29, 0.717) is 6.42 Å². The van der Waals surface area contributed by atoms with Crippen LogP contribution in [0.4, 0.5) is 0 Å². The molecule has 5 heteroatoms. The van der Waals surface area contributed by atoms with Gasteiger partial charge in [-0.05, 0) is 44.9 Å². The number of hydrogen-bond acceptors (Lipinski definition) is 4. The Morgan fingerprint density at radius 2 is 1.11 bits per heavy atom. The molecule has 0 bridgehead atoms. The summed E-state index contributed by atoms with van der Waals surface area (Å²) in [4.78, 5) is 24.6. The van der Waals surface area contributed by atoms with Crippen molar-refractivity contribution in [1.29, 1.82) is 0 Å². The molecule has 0 saturated carbocycles. The summed E-state index contributed by atoms with van der Waals surface area (Å²) in [5.74, 6) is -0.820. The second-order valence-corrected chi connectivity index (χ2v) is 5.64. The Labute approximate surface area is 162 Å². The molecule has 0 spiro atoms. The number of carbonyl (C=O) groups excluding carboxylic acids is 1. The molecule has 0 saturated heterocycles. The van der Waals surface area contributed by atoms with Crippen LogP contribution in [0.25, 0.3) is 0 Å². The third kappa shape index (κ3) is 21.3. The molecule has 0 aromatic carbocycles. The molecular weight excluding hydrogens is 342 g/mol. The highest BCUT2D eigenvalue weighted by molar-refractivity contribution is 5.68. The van der Waals surface area contributed by atoms with E-state index in [9.17, 15) is 14.9 Å². The van der Waals surface area contributed by atoms with Gasteiger partial charge in [-0.1, -0.05) is 79.8 Å². The molecule has 0 amide bonds. The Kier molecular flexibility index (Phi) is 17.7. The molecule has 0 aromatic heterocycles. The second kappa shape index (κ2) is 19.6. The van der Waals surface area contributed by atoms with E-state index in [1.165, 1.54) is 0 Å². The maximum atomic E-state index is 10.9. The van der Waals surface area contributed by atoms with Crippen LogP contribution in [0.5, 0.6) is 0 Å². The fourth-order valence-electron chi connectivity index (χ4n) is 1.97. The summed E-state index contributed by atoms with van der Waals surface area (Å²) in [6.45, 7) is 2.14. The molecule has 0 atom stereocenters. The highest BCUT2D eigenvalue weighted by Crippen LogP contribution is 1.98. The highest BCUT2D eigenvalue weighted by Gasteiger charge is 2.04. The van der Waals surface area contributed by atoms with E-state index in [-0.39, 0.29) is 6.42 Å². The molecule has 0 aliphatic rings. The average Bonchev–Trinajstić information content (AvgIpc) is 2.63. The van der Waals surface area contributed by atoms with Crippen LogP contribution in [0, 0.1) is 10.1 Å². The van der Waals surface area contributed by atoms with E-state index in [0.717, 1.165) is 38.5 Å². The number of rotatable bonds is 15. The number of nitrogens with zero attached hydrogens (tertiary/aromatic N) is 1. The van der Waals surface area contributed by atoms with Crippen molar-refractivity contribution in [2.45, 2.75) is 58.3 Å². The van der Waals surface area contributed by atoms with E-state index in [1.807, 2.05) is 18.2 Å². The van der Waals surface area contributed by atoms with E-state index >= 15 is 0 Å². The lowest BCUT2D eigenvalue weighted by Crippen LogP contribution is -2.09. The van der Waals surface area contributed by atoms with Crippen molar-refractivity contribution in [3.63, 3.8) is 0 Å². The summed E-state index contributed by atoms with van der Waals surface area (Å²) in [5.41, 5.74) is 0. The first kappa shape index (κ1) is 24.3. The summed E-state index contributed by atoms with van der Waals surface area (Å²) in [7, 11) is 0. The molecule has 0 unspecified atom stereocenters. The predicted molar refractivity (Wildman–Crippen MR) is 111 cm³/mol. The third-order valence-electron chi connectivity index (χ3n) is 3.29. The van der Waals surface area contributed by atoms with Gasteiger partial charge in [-0.2, -0.15) is 0 Å². The lowest BCUT2D eigenvalue weighted by atomic mass is 10.2. The predicted octanol–water partition coefficient (Wildman–Crippen LogP) is 6.20. The van der Waals surface area contributed by atoms with Gasteiger partial charge in [-0.3, -0.25) is 4.79 Å². The van der Waals surface area contributed by atoms with Gasteiger partial charge in [-0.15, -0.1) is 10.1 Å². The Balaban J connectivity index is 3.58. The van der Waals surface area contributed by atoms with E-state index < -0.39 is 11.1 Å². The van der Waals surface area contributed by atoms with Crippen molar-refractivity contribution in [3.8, 4) is 0 Å². The Morgan fingerprint density at radius 1 is 0.741 bits per heavy atom. The summed E-state index contributed by atoms with van der Waals surface area (Å²) in [6.07, 6.45) is 31.4. The van der Waals surface area contributed by atoms with Crippen molar-refractivity contribution in [2.24, 2.45) is 0 Å². The minimum Gasteiger partial charge on any atom is -0.268 e. The summed E-state index contributed by atoms with van der Waals surface area (Å²) in [5, 5.41) is 8.85. The molecule has 0 rings (SSSR count). The lowest BCUT2D eigenvalue weighted by molar-refractivity contribution is -0.729. The van der Waals surface area contributed by atoms with Gasteiger partial charge in [-0.25, -0.2) is 4.84 Å². The third-order valence-corrected chi connectivity index (χ3v) is 3.29. The summed E-state index contributed by atoms with van der Waals surface area (Å²) < 4.78 is 0. The fraction of sp³-hybridized carbons (Fsp3) is 0.409. The lowest BCUT2D eigenvalue weighted by Gasteiger charge is -1.93. The number of allylic oxidation sites excluding steroid dienone is 12. The molecule has 0 aromatic rings. The summed E-state index contributed by atoms with van der Waals surface area (Å²) in [6, 6.07) is 0. The van der Waals surface area contributed by atoms with Crippen LogP contribution in [0.1, 0.15) is 58.3 Å². The largest absolute Gasteiger partial charge is 0.304 e. The zero-order valence-corrected chi connectivity index (χ0v) is 16.2. The monoisotopic (exact) mass is 373 g/mol. The zero-order chi connectivity index (χ0) is 20.0. The molecule has 0 radical (unpaired) electrons. The Hall–Kier alpha value is -2.69. The smallest absolute Gasteiger partial charge is 0.268 e.